The van der Waals surface area contributed by atoms with Crippen LogP contribution in [0.15, 0.2) is 24.5 Å². The molecule has 0 aliphatic heterocycles. The molecule has 1 aromatic heterocycles. The van der Waals surface area contributed by atoms with Crippen LogP contribution in [0.3, 0.4) is 0 Å². The standard InChI is InChI=1S/C15H18N2O4S/c1-9(2)22(20,21)17-8-13(7-16-17)12-5-10(3)14(15(18)19)11(4)6-12/h5-9H,1-4H3,(H,18,19). The van der Waals surface area contributed by atoms with Gasteiger partial charge in [-0.2, -0.15) is 9.19 Å². The average molecular weight is 322 g/mol. The summed E-state index contributed by atoms with van der Waals surface area (Å²) >= 11 is 0. The van der Waals surface area contributed by atoms with Crippen LogP contribution in [0.25, 0.3) is 11.1 Å². The number of rotatable bonds is 4. The van der Waals surface area contributed by atoms with Crippen LogP contribution in [0.2, 0.25) is 0 Å². The Kier molecular flexibility index (Phi) is 4.10. The number of aromatic carboxylic acids is 1. The summed E-state index contributed by atoms with van der Waals surface area (Å²) in [5.41, 5.74) is 2.90. The van der Waals surface area contributed by atoms with Crippen LogP contribution >= 0.6 is 0 Å². The van der Waals surface area contributed by atoms with Gasteiger partial charge < -0.3 is 5.11 Å². The molecule has 2 rings (SSSR count). The molecule has 0 saturated carbocycles. The van der Waals surface area contributed by atoms with Crippen molar-refractivity contribution >= 4 is 16.0 Å². The van der Waals surface area contributed by atoms with Gasteiger partial charge in [0.05, 0.1) is 23.2 Å². The van der Waals surface area contributed by atoms with E-state index in [1.807, 2.05) is 0 Å². The second-order valence-corrected chi connectivity index (χ2v) is 7.83. The van der Waals surface area contributed by atoms with E-state index in [2.05, 4.69) is 5.10 Å². The van der Waals surface area contributed by atoms with Crippen LogP contribution in [0, 0.1) is 13.8 Å². The summed E-state index contributed by atoms with van der Waals surface area (Å²) in [7, 11) is -3.49. The monoisotopic (exact) mass is 322 g/mol. The minimum atomic E-state index is -3.49. The summed E-state index contributed by atoms with van der Waals surface area (Å²) in [5, 5.41) is 12.5. The first-order valence-corrected chi connectivity index (χ1v) is 8.29. The number of aromatic nitrogens is 2. The molecule has 0 saturated heterocycles. The minimum Gasteiger partial charge on any atom is -0.478 e. The quantitative estimate of drug-likeness (QED) is 0.934. The maximum atomic E-state index is 12.1. The zero-order valence-corrected chi connectivity index (χ0v) is 13.7. The molecule has 0 aliphatic carbocycles. The van der Waals surface area contributed by atoms with E-state index in [-0.39, 0.29) is 5.56 Å². The largest absolute Gasteiger partial charge is 0.478 e. The lowest BCUT2D eigenvalue weighted by Gasteiger charge is -2.08. The van der Waals surface area contributed by atoms with Crippen LogP contribution in [-0.2, 0) is 10.0 Å². The second kappa shape index (κ2) is 5.57. The summed E-state index contributed by atoms with van der Waals surface area (Å²) in [4.78, 5) is 11.2. The molecule has 0 bridgehead atoms. The van der Waals surface area contributed by atoms with E-state index in [9.17, 15) is 18.3 Å². The van der Waals surface area contributed by atoms with Gasteiger partial charge in [-0.25, -0.2) is 13.2 Å². The zero-order chi connectivity index (χ0) is 16.7. The highest BCUT2D eigenvalue weighted by Gasteiger charge is 2.20. The van der Waals surface area contributed by atoms with E-state index in [1.54, 1.807) is 39.8 Å². The third-order valence-corrected chi connectivity index (χ3v) is 5.41. The molecule has 22 heavy (non-hydrogen) atoms. The lowest BCUT2D eigenvalue weighted by Crippen LogP contribution is -2.22. The van der Waals surface area contributed by atoms with Crippen molar-refractivity contribution in [2.45, 2.75) is 32.9 Å². The highest BCUT2D eigenvalue weighted by Crippen LogP contribution is 2.25. The predicted octanol–water partition coefficient (Wildman–Crippen LogP) is 2.45. The molecule has 0 radical (unpaired) electrons. The molecular formula is C15H18N2O4S. The number of carbonyl (C=O) groups is 1. The Morgan fingerprint density at radius 2 is 1.73 bits per heavy atom. The molecule has 0 atom stereocenters. The molecule has 1 aromatic carbocycles. The number of nitrogens with zero attached hydrogens (tertiary/aromatic N) is 2. The van der Waals surface area contributed by atoms with Gasteiger partial charge in [-0.1, -0.05) is 12.1 Å². The van der Waals surface area contributed by atoms with Gasteiger partial charge in [0.15, 0.2) is 0 Å². The van der Waals surface area contributed by atoms with Crippen LogP contribution < -0.4 is 0 Å². The fraction of sp³-hybridized carbons (Fsp3) is 0.333. The number of benzene rings is 1. The number of carboxylic acid groups (broad SMARTS) is 1. The third kappa shape index (κ3) is 2.76. The molecule has 0 amide bonds. The van der Waals surface area contributed by atoms with Crippen LogP contribution in [0.4, 0.5) is 0 Å². The van der Waals surface area contributed by atoms with E-state index in [0.717, 1.165) is 9.65 Å². The Labute approximate surface area is 129 Å². The van der Waals surface area contributed by atoms with Gasteiger partial charge in [0, 0.05) is 5.56 Å². The Hall–Kier alpha value is -2.15. The Balaban J connectivity index is 2.51. The number of aryl methyl sites for hydroxylation is 2. The molecule has 1 N–H and O–H groups in total. The summed E-state index contributed by atoms with van der Waals surface area (Å²) < 4.78 is 25.1. The van der Waals surface area contributed by atoms with Gasteiger partial charge in [-0.05, 0) is 44.4 Å². The summed E-state index contributed by atoms with van der Waals surface area (Å²) in [6.07, 6.45) is 2.92. The van der Waals surface area contributed by atoms with Gasteiger partial charge in [0.2, 0.25) is 0 Å². The average Bonchev–Trinajstić information content (AvgIpc) is 2.87. The third-order valence-electron chi connectivity index (χ3n) is 3.50. The molecule has 1 heterocycles. The van der Waals surface area contributed by atoms with Gasteiger partial charge in [0.1, 0.15) is 0 Å². The lowest BCUT2D eigenvalue weighted by atomic mass is 9.97. The maximum absolute atomic E-state index is 12.1. The van der Waals surface area contributed by atoms with Crippen molar-refractivity contribution in [1.29, 1.82) is 0 Å². The van der Waals surface area contributed by atoms with Crippen molar-refractivity contribution in [2.24, 2.45) is 0 Å². The summed E-state index contributed by atoms with van der Waals surface area (Å²) in [6.45, 7) is 6.61. The molecule has 0 aliphatic rings. The highest BCUT2D eigenvalue weighted by molar-refractivity contribution is 7.90. The molecule has 6 nitrogen and oxygen atoms in total. The van der Waals surface area contributed by atoms with Gasteiger partial charge in [-0.3, -0.25) is 0 Å². The number of hydrogen-bond donors (Lipinski definition) is 1. The fourth-order valence-corrected chi connectivity index (χ4v) is 3.15. The predicted molar refractivity (Wildman–Crippen MR) is 83.6 cm³/mol. The summed E-state index contributed by atoms with van der Waals surface area (Å²) in [5.74, 6) is -0.973. The SMILES string of the molecule is Cc1cc(-c2cnn(S(=O)(=O)C(C)C)c2)cc(C)c1C(=O)O. The fourth-order valence-electron chi connectivity index (χ4n) is 2.28. The molecular weight excluding hydrogens is 304 g/mol. The zero-order valence-electron chi connectivity index (χ0n) is 12.9. The van der Waals surface area contributed by atoms with Crippen molar-refractivity contribution in [3.63, 3.8) is 0 Å². The lowest BCUT2D eigenvalue weighted by molar-refractivity contribution is 0.0695. The molecule has 118 valence electrons. The maximum Gasteiger partial charge on any atom is 0.336 e. The second-order valence-electron chi connectivity index (χ2n) is 5.49. The normalized spacial score (nSPS) is 11.9. The van der Waals surface area contributed by atoms with Gasteiger partial charge in [-0.15, -0.1) is 0 Å². The Bertz CT molecular complexity index is 812. The molecule has 2 aromatic rings. The van der Waals surface area contributed by atoms with Crippen molar-refractivity contribution in [2.75, 3.05) is 0 Å². The van der Waals surface area contributed by atoms with Crippen molar-refractivity contribution in [1.82, 2.24) is 9.19 Å². The van der Waals surface area contributed by atoms with Crippen molar-refractivity contribution < 1.29 is 18.3 Å². The summed E-state index contributed by atoms with van der Waals surface area (Å²) in [6, 6.07) is 3.44. The van der Waals surface area contributed by atoms with Crippen molar-refractivity contribution in [3.8, 4) is 11.1 Å². The number of hydrogen-bond acceptors (Lipinski definition) is 4. The molecule has 0 fully saturated rings. The topological polar surface area (TPSA) is 89.3 Å². The first kappa shape index (κ1) is 16.2. The first-order chi connectivity index (χ1) is 10.1. The van der Waals surface area contributed by atoms with E-state index in [0.29, 0.717) is 16.7 Å². The van der Waals surface area contributed by atoms with Crippen molar-refractivity contribution in [3.05, 3.63) is 41.2 Å². The van der Waals surface area contributed by atoms with E-state index in [4.69, 9.17) is 0 Å². The van der Waals surface area contributed by atoms with E-state index >= 15 is 0 Å². The van der Waals surface area contributed by atoms with Crippen LogP contribution in [0.1, 0.15) is 35.3 Å². The smallest absolute Gasteiger partial charge is 0.336 e. The Morgan fingerprint density at radius 1 is 1.18 bits per heavy atom. The van der Waals surface area contributed by atoms with E-state index in [1.165, 1.54) is 12.4 Å². The molecule has 0 unspecified atom stereocenters. The highest BCUT2D eigenvalue weighted by atomic mass is 32.2. The van der Waals surface area contributed by atoms with Crippen LogP contribution in [-0.4, -0.2) is 33.9 Å². The Morgan fingerprint density at radius 3 is 2.18 bits per heavy atom. The van der Waals surface area contributed by atoms with Gasteiger partial charge >= 0.3 is 5.97 Å². The molecule has 7 heteroatoms. The number of carboxylic acids is 1. The van der Waals surface area contributed by atoms with Gasteiger partial charge in [0.25, 0.3) is 10.0 Å². The minimum absolute atomic E-state index is 0.269. The van der Waals surface area contributed by atoms with Crippen LogP contribution in [0.5, 0.6) is 0 Å². The van der Waals surface area contributed by atoms with E-state index < -0.39 is 21.2 Å². The first-order valence-electron chi connectivity index (χ1n) is 6.78. The molecule has 0 spiro atoms.